The maximum absolute atomic E-state index is 13.9. The number of nitrogens with one attached hydrogen (secondary N) is 1. The van der Waals surface area contributed by atoms with E-state index in [1.165, 1.54) is 27.9 Å². The van der Waals surface area contributed by atoms with Crippen LogP contribution in [0.4, 0.5) is 0 Å². The fourth-order valence-electron chi connectivity index (χ4n) is 4.78. The first-order chi connectivity index (χ1) is 18.1. The number of aliphatic hydroxyl groups excluding tert-OH is 1. The molecule has 2 N–H and O–H groups in total. The number of thiophene rings is 1. The van der Waals surface area contributed by atoms with E-state index in [9.17, 15) is 23.1 Å². The largest absolute Gasteiger partial charge is 0.390 e. The molecule has 3 rings (SSSR count). The average molecular weight is 565 g/mol. The molecule has 1 fully saturated rings. The van der Waals surface area contributed by atoms with Gasteiger partial charge in [0.25, 0.3) is 10.0 Å². The smallest absolute Gasteiger partial charge is 0.260 e. The molecule has 210 valence electrons. The summed E-state index contributed by atoms with van der Waals surface area (Å²) < 4.78 is 27.6. The van der Waals surface area contributed by atoms with Crippen molar-refractivity contribution in [1.29, 1.82) is 0 Å². The Hall–Kier alpha value is -2.34. The summed E-state index contributed by atoms with van der Waals surface area (Å²) >= 11 is 1.50. The van der Waals surface area contributed by atoms with Crippen molar-refractivity contribution in [2.75, 3.05) is 19.6 Å². The van der Waals surface area contributed by atoms with Gasteiger partial charge in [0.15, 0.2) is 5.03 Å². The Kier molecular flexibility index (Phi) is 11.3. The lowest BCUT2D eigenvalue weighted by Gasteiger charge is -2.37. The predicted molar refractivity (Wildman–Crippen MR) is 148 cm³/mol. The fourth-order valence-corrected chi connectivity index (χ4v) is 6.91. The summed E-state index contributed by atoms with van der Waals surface area (Å²) in [5, 5.41) is 16.1. The first-order valence-corrected chi connectivity index (χ1v) is 15.7. The van der Waals surface area contributed by atoms with E-state index in [-0.39, 0.29) is 42.3 Å². The van der Waals surface area contributed by atoms with Crippen LogP contribution in [0, 0.1) is 5.92 Å². The number of sulfonamides is 1. The molecular weight excluding hydrogens is 524 g/mol. The molecule has 1 aliphatic rings. The normalized spacial score (nSPS) is 19.6. The van der Waals surface area contributed by atoms with Gasteiger partial charge in [0.2, 0.25) is 11.8 Å². The molecule has 38 heavy (non-hydrogen) atoms. The number of aliphatic hydroxyl groups is 1. The second-order valence-electron chi connectivity index (χ2n) is 10.2. The minimum atomic E-state index is -3.87. The molecule has 0 saturated carbocycles. The highest BCUT2D eigenvalue weighted by Gasteiger charge is 2.39. The topological polar surface area (TPSA) is 120 Å². The summed E-state index contributed by atoms with van der Waals surface area (Å²) in [7, 11) is -3.87. The van der Waals surface area contributed by atoms with E-state index in [4.69, 9.17) is 0 Å². The zero-order valence-electron chi connectivity index (χ0n) is 22.5. The number of pyridine rings is 1. The molecule has 9 nitrogen and oxygen atoms in total. The molecule has 3 atom stereocenters. The summed E-state index contributed by atoms with van der Waals surface area (Å²) in [6.45, 7) is 6.57. The van der Waals surface area contributed by atoms with Crippen LogP contribution >= 0.6 is 11.3 Å². The van der Waals surface area contributed by atoms with Gasteiger partial charge in [0.05, 0.1) is 18.6 Å². The quantitative estimate of drug-likeness (QED) is 0.409. The predicted octanol–water partition coefficient (Wildman–Crippen LogP) is 3.06. The third kappa shape index (κ3) is 8.08. The molecule has 11 heteroatoms. The van der Waals surface area contributed by atoms with Crippen molar-refractivity contribution >= 4 is 33.2 Å². The number of carbonyl (C=O) groups excluding carboxylic acids is 2. The lowest BCUT2D eigenvalue weighted by molar-refractivity contribution is -0.141. The van der Waals surface area contributed by atoms with E-state index >= 15 is 0 Å². The number of hydrogen-bond donors (Lipinski definition) is 2. The van der Waals surface area contributed by atoms with Crippen LogP contribution in [0.2, 0.25) is 0 Å². The van der Waals surface area contributed by atoms with Crippen molar-refractivity contribution in [3.63, 3.8) is 0 Å². The molecule has 3 heterocycles. The Morgan fingerprint density at radius 2 is 2.05 bits per heavy atom. The Bertz CT molecular complexity index is 1130. The summed E-state index contributed by atoms with van der Waals surface area (Å²) in [6.07, 6.45) is 3.58. The third-order valence-corrected chi connectivity index (χ3v) is 9.33. The fraction of sp³-hybridized carbons (Fsp3) is 0.593. The van der Waals surface area contributed by atoms with Crippen molar-refractivity contribution in [3.8, 4) is 0 Å². The van der Waals surface area contributed by atoms with Crippen molar-refractivity contribution in [3.05, 3.63) is 46.8 Å². The Labute approximate surface area is 230 Å². The first kappa shape index (κ1) is 30.2. The lowest BCUT2D eigenvalue weighted by atomic mass is 9.98. The van der Waals surface area contributed by atoms with Crippen LogP contribution in [0.15, 0.2) is 46.9 Å². The van der Waals surface area contributed by atoms with E-state index in [1.54, 1.807) is 17.0 Å². The van der Waals surface area contributed by atoms with Crippen molar-refractivity contribution in [1.82, 2.24) is 19.5 Å². The van der Waals surface area contributed by atoms with Gasteiger partial charge in [-0.15, -0.1) is 11.3 Å². The van der Waals surface area contributed by atoms with E-state index in [0.717, 1.165) is 17.7 Å². The van der Waals surface area contributed by atoms with Crippen molar-refractivity contribution in [2.24, 2.45) is 5.92 Å². The number of hydrogen-bond acceptors (Lipinski definition) is 7. The van der Waals surface area contributed by atoms with E-state index in [0.29, 0.717) is 25.8 Å². The molecule has 0 bridgehead atoms. The Morgan fingerprint density at radius 3 is 2.68 bits per heavy atom. The first-order valence-electron chi connectivity index (χ1n) is 13.3. The van der Waals surface area contributed by atoms with Crippen LogP contribution in [0.3, 0.4) is 0 Å². The molecule has 1 aliphatic heterocycles. The molecule has 2 aromatic heterocycles. The van der Waals surface area contributed by atoms with Gasteiger partial charge in [-0.05, 0) is 55.2 Å². The van der Waals surface area contributed by atoms with Gasteiger partial charge >= 0.3 is 0 Å². The number of unbranched alkanes of at least 4 members (excludes halogenated alkanes) is 1. The van der Waals surface area contributed by atoms with Crippen LogP contribution < -0.4 is 5.32 Å². The van der Waals surface area contributed by atoms with Crippen LogP contribution in [-0.4, -0.2) is 77.3 Å². The van der Waals surface area contributed by atoms with E-state index < -0.39 is 28.2 Å². The Morgan fingerprint density at radius 1 is 1.26 bits per heavy atom. The maximum Gasteiger partial charge on any atom is 0.260 e. The standard InChI is InChI=1S/C27H40N4O5S2/c1-4-5-15-31(27(34)22(17-20(2)3)29-25(33)18-21-10-9-16-37-21)23-11-8-14-30(19-24(23)32)38(35,36)26-12-6-7-13-28-26/h6-7,9-10,12-13,16,20,22-24,32H,4-5,8,11,14-15,17-19H2,1-3H3,(H,29,33)/t22-,23?,24?/m0/s1. The summed E-state index contributed by atoms with van der Waals surface area (Å²) in [5.41, 5.74) is 0. The van der Waals surface area contributed by atoms with Gasteiger partial charge in [-0.25, -0.2) is 13.4 Å². The maximum atomic E-state index is 13.9. The number of carbonyl (C=O) groups is 2. The summed E-state index contributed by atoms with van der Waals surface area (Å²) in [6, 6.07) is 7.21. The second-order valence-corrected chi connectivity index (χ2v) is 13.1. The van der Waals surface area contributed by atoms with E-state index in [2.05, 4.69) is 10.3 Å². The third-order valence-electron chi connectivity index (χ3n) is 6.68. The number of aromatic nitrogens is 1. The number of nitrogens with zero attached hydrogens (tertiary/aromatic N) is 3. The SMILES string of the molecule is CCCCN(C(=O)[C@H](CC(C)C)NC(=O)Cc1cccs1)C1CCCN(S(=O)(=O)c2ccccn2)CC1O. The number of amides is 2. The van der Waals surface area contributed by atoms with Crippen LogP contribution in [-0.2, 0) is 26.0 Å². The molecule has 0 spiro atoms. The monoisotopic (exact) mass is 564 g/mol. The second kappa shape index (κ2) is 14.2. The van der Waals surface area contributed by atoms with Gasteiger partial charge in [-0.2, -0.15) is 4.31 Å². The highest BCUT2D eigenvalue weighted by atomic mass is 32.2. The van der Waals surface area contributed by atoms with Gasteiger partial charge in [-0.3, -0.25) is 9.59 Å². The van der Waals surface area contributed by atoms with Gasteiger partial charge in [0, 0.05) is 30.7 Å². The molecular formula is C27H40N4O5S2. The van der Waals surface area contributed by atoms with Crippen LogP contribution in [0.25, 0.3) is 0 Å². The lowest BCUT2D eigenvalue weighted by Crippen LogP contribution is -2.56. The van der Waals surface area contributed by atoms with Crippen molar-refractivity contribution in [2.45, 2.75) is 82.5 Å². The Balaban J connectivity index is 1.80. The molecule has 2 unspecified atom stereocenters. The zero-order valence-corrected chi connectivity index (χ0v) is 24.1. The van der Waals surface area contributed by atoms with Crippen LogP contribution in [0.1, 0.15) is 57.8 Å². The number of β-amino-alcohol motifs (C(OH)–C–C–N with tert-alkyl or cyclic N) is 1. The molecule has 0 radical (unpaired) electrons. The molecule has 1 saturated heterocycles. The number of rotatable bonds is 12. The average Bonchev–Trinajstić information content (AvgIpc) is 3.31. The van der Waals surface area contributed by atoms with Gasteiger partial charge in [0.1, 0.15) is 6.04 Å². The molecule has 0 aromatic carbocycles. The molecule has 0 aliphatic carbocycles. The highest BCUT2D eigenvalue weighted by Crippen LogP contribution is 2.24. The minimum absolute atomic E-state index is 0.0602. The van der Waals surface area contributed by atoms with Gasteiger partial charge < -0.3 is 15.3 Å². The van der Waals surface area contributed by atoms with Gasteiger partial charge in [-0.1, -0.05) is 39.3 Å². The minimum Gasteiger partial charge on any atom is -0.390 e. The highest BCUT2D eigenvalue weighted by molar-refractivity contribution is 7.89. The van der Waals surface area contributed by atoms with Crippen molar-refractivity contribution < 1.29 is 23.1 Å². The van der Waals surface area contributed by atoms with Crippen LogP contribution in [0.5, 0.6) is 0 Å². The zero-order chi connectivity index (χ0) is 27.7. The van der Waals surface area contributed by atoms with E-state index in [1.807, 2.05) is 38.3 Å². The summed E-state index contributed by atoms with van der Waals surface area (Å²) in [4.78, 5) is 33.4. The summed E-state index contributed by atoms with van der Waals surface area (Å²) in [5.74, 6) is -0.273. The molecule has 2 aromatic rings. The molecule has 2 amide bonds.